The Bertz CT molecular complexity index is 863. The first-order valence-electron chi connectivity index (χ1n) is 9.32. The van der Waals surface area contributed by atoms with Gasteiger partial charge in [-0.3, -0.25) is 14.7 Å². The third-order valence-electron chi connectivity index (χ3n) is 5.81. The van der Waals surface area contributed by atoms with Gasteiger partial charge in [0.2, 0.25) is 5.91 Å². The molecule has 0 radical (unpaired) electrons. The van der Waals surface area contributed by atoms with E-state index in [4.69, 9.17) is 0 Å². The van der Waals surface area contributed by atoms with Gasteiger partial charge in [0.05, 0.1) is 17.2 Å². The van der Waals surface area contributed by atoms with Gasteiger partial charge in [-0.15, -0.1) is 0 Å². The van der Waals surface area contributed by atoms with E-state index in [1.165, 1.54) is 12.1 Å². The molecule has 27 heavy (non-hydrogen) atoms. The summed E-state index contributed by atoms with van der Waals surface area (Å²) >= 11 is 0. The number of likely N-dealkylation sites (tertiary alicyclic amines) is 2. The van der Waals surface area contributed by atoms with Gasteiger partial charge in [0.25, 0.3) is 5.91 Å². The Balaban J connectivity index is 1.48. The molecule has 1 atom stereocenters. The Hall–Kier alpha value is -2.70. The van der Waals surface area contributed by atoms with Crippen LogP contribution in [0, 0.1) is 18.2 Å². The number of piperidine rings is 1. The zero-order valence-electron chi connectivity index (χ0n) is 15.4. The van der Waals surface area contributed by atoms with Gasteiger partial charge in [0.1, 0.15) is 5.82 Å². The van der Waals surface area contributed by atoms with E-state index in [2.05, 4.69) is 10.2 Å². The summed E-state index contributed by atoms with van der Waals surface area (Å²) in [5.74, 6) is -0.237. The quantitative estimate of drug-likeness (QED) is 0.903. The van der Waals surface area contributed by atoms with E-state index in [0.717, 1.165) is 24.1 Å². The van der Waals surface area contributed by atoms with Gasteiger partial charge >= 0.3 is 0 Å². The molecule has 142 valence electrons. The molecule has 2 fully saturated rings. The van der Waals surface area contributed by atoms with E-state index in [9.17, 15) is 14.0 Å². The summed E-state index contributed by atoms with van der Waals surface area (Å²) in [4.78, 5) is 29.6. The number of H-pyrrole nitrogens is 1. The molecule has 1 N–H and O–H groups in total. The Labute approximate surface area is 157 Å². The molecule has 4 rings (SSSR count). The van der Waals surface area contributed by atoms with E-state index in [-0.39, 0.29) is 17.6 Å². The predicted molar refractivity (Wildman–Crippen MR) is 97.3 cm³/mol. The molecule has 0 saturated carbocycles. The van der Waals surface area contributed by atoms with Gasteiger partial charge in [0.15, 0.2) is 0 Å². The smallest absolute Gasteiger partial charge is 0.257 e. The van der Waals surface area contributed by atoms with Crippen molar-refractivity contribution in [3.05, 3.63) is 53.1 Å². The fourth-order valence-corrected chi connectivity index (χ4v) is 4.27. The highest BCUT2D eigenvalue weighted by atomic mass is 19.1. The van der Waals surface area contributed by atoms with Crippen molar-refractivity contribution >= 4 is 11.8 Å². The first kappa shape index (κ1) is 17.7. The van der Waals surface area contributed by atoms with Crippen LogP contribution in [0.3, 0.4) is 0 Å². The standard InChI is InChI=1S/C20H23FN4O2/c1-14-17(11-22-23-14)18(26)25-10-8-20(13-25)7-2-9-24(19(20)27)12-15-3-5-16(21)6-4-15/h3-6,11H,2,7-10,12-13H2,1H3,(H,22,23)/t20-/m1/s1. The second kappa shape index (κ2) is 6.79. The normalized spacial score (nSPS) is 22.7. The summed E-state index contributed by atoms with van der Waals surface area (Å²) in [6.07, 6.45) is 3.96. The fraction of sp³-hybridized carbons (Fsp3) is 0.450. The molecule has 2 saturated heterocycles. The SMILES string of the molecule is Cc1[nH]ncc1C(=O)N1CC[C@]2(CCCN(Cc3ccc(F)cc3)C2=O)C1. The highest BCUT2D eigenvalue weighted by Crippen LogP contribution is 2.41. The number of rotatable bonds is 3. The molecule has 1 spiro atoms. The van der Waals surface area contributed by atoms with Crippen molar-refractivity contribution in [1.82, 2.24) is 20.0 Å². The lowest BCUT2D eigenvalue weighted by molar-refractivity contribution is -0.146. The summed E-state index contributed by atoms with van der Waals surface area (Å²) in [5.41, 5.74) is 1.74. The lowest BCUT2D eigenvalue weighted by Crippen LogP contribution is -2.50. The Kier molecular flexibility index (Phi) is 4.45. The molecular formula is C20H23FN4O2. The maximum Gasteiger partial charge on any atom is 0.257 e. The molecule has 2 aliphatic heterocycles. The van der Waals surface area contributed by atoms with E-state index in [1.54, 1.807) is 23.2 Å². The molecule has 2 amide bonds. The molecule has 2 aromatic rings. The number of amides is 2. The monoisotopic (exact) mass is 370 g/mol. The summed E-state index contributed by atoms with van der Waals surface area (Å²) in [6.45, 7) is 4.04. The first-order valence-corrected chi connectivity index (χ1v) is 9.32. The van der Waals surface area contributed by atoms with Crippen LogP contribution in [0.15, 0.2) is 30.5 Å². The molecule has 1 aromatic carbocycles. The second-order valence-electron chi connectivity index (χ2n) is 7.62. The lowest BCUT2D eigenvalue weighted by Gasteiger charge is -2.39. The van der Waals surface area contributed by atoms with E-state index in [0.29, 0.717) is 38.2 Å². The third kappa shape index (κ3) is 3.22. The maximum absolute atomic E-state index is 13.2. The van der Waals surface area contributed by atoms with Crippen LogP contribution in [0.1, 0.15) is 40.9 Å². The van der Waals surface area contributed by atoms with Crippen molar-refractivity contribution < 1.29 is 14.0 Å². The number of nitrogens with one attached hydrogen (secondary N) is 1. The second-order valence-corrected chi connectivity index (χ2v) is 7.62. The average Bonchev–Trinajstić information content (AvgIpc) is 3.28. The number of benzene rings is 1. The van der Waals surface area contributed by atoms with Gasteiger partial charge in [-0.2, -0.15) is 5.10 Å². The lowest BCUT2D eigenvalue weighted by atomic mass is 9.78. The van der Waals surface area contributed by atoms with Crippen molar-refractivity contribution in [2.24, 2.45) is 5.41 Å². The number of aryl methyl sites for hydroxylation is 1. The summed E-state index contributed by atoms with van der Waals surface area (Å²) in [5, 5.41) is 6.72. The summed E-state index contributed by atoms with van der Waals surface area (Å²) in [7, 11) is 0. The molecule has 7 heteroatoms. The summed E-state index contributed by atoms with van der Waals surface area (Å²) < 4.78 is 13.1. The molecule has 3 heterocycles. The Morgan fingerprint density at radius 1 is 1.26 bits per heavy atom. The number of halogens is 1. The van der Waals surface area contributed by atoms with E-state index < -0.39 is 5.41 Å². The van der Waals surface area contributed by atoms with Crippen LogP contribution in [0.4, 0.5) is 4.39 Å². The highest BCUT2D eigenvalue weighted by molar-refractivity contribution is 5.96. The third-order valence-corrected chi connectivity index (χ3v) is 5.81. The molecule has 0 bridgehead atoms. The van der Waals surface area contributed by atoms with Crippen LogP contribution in [0.25, 0.3) is 0 Å². The number of hydrogen-bond donors (Lipinski definition) is 1. The van der Waals surface area contributed by atoms with Crippen molar-refractivity contribution in [2.75, 3.05) is 19.6 Å². The highest BCUT2D eigenvalue weighted by Gasteiger charge is 2.49. The Morgan fingerprint density at radius 2 is 2.04 bits per heavy atom. The minimum absolute atomic E-state index is 0.0680. The fourth-order valence-electron chi connectivity index (χ4n) is 4.27. The summed E-state index contributed by atoms with van der Waals surface area (Å²) in [6, 6.07) is 6.28. The van der Waals surface area contributed by atoms with Crippen LogP contribution in [0.2, 0.25) is 0 Å². The van der Waals surface area contributed by atoms with Gasteiger partial charge < -0.3 is 9.80 Å². The zero-order valence-corrected chi connectivity index (χ0v) is 15.4. The van der Waals surface area contributed by atoms with Gasteiger partial charge in [-0.1, -0.05) is 12.1 Å². The number of carbonyl (C=O) groups excluding carboxylic acids is 2. The molecular weight excluding hydrogens is 347 g/mol. The molecule has 2 aliphatic rings. The van der Waals surface area contributed by atoms with Crippen LogP contribution >= 0.6 is 0 Å². The van der Waals surface area contributed by atoms with Gasteiger partial charge in [-0.05, 0) is 43.9 Å². The average molecular weight is 370 g/mol. The number of aromatic nitrogens is 2. The van der Waals surface area contributed by atoms with Crippen molar-refractivity contribution in [3.8, 4) is 0 Å². The molecule has 6 nitrogen and oxygen atoms in total. The number of carbonyl (C=O) groups is 2. The molecule has 1 aromatic heterocycles. The van der Waals surface area contributed by atoms with Crippen molar-refractivity contribution in [3.63, 3.8) is 0 Å². The number of aromatic amines is 1. The number of nitrogens with zero attached hydrogens (tertiary/aromatic N) is 3. The predicted octanol–water partition coefficient (Wildman–Crippen LogP) is 2.51. The van der Waals surface area contributed by atoms with Crippen molar-refractivity contribution in [1.29, 1.82) is 0 Å². The van der Waals surface area contributed by atoms with E-state index >= 15 is 0 Å². The van der Waals surface area contributed by atoms with Crippen LogP contribution in [0.5, 0.6) is 0 Å². The van der Waals surface area contributed by atoms with Crippen molar-refractivity contribution in [2.45, 2.75) is 32.7 Å². The minimum atomic E-state index is -0.494. The molecule has 0 unspecified atom stereocenters. The van der Waals surface area contributed by atoms with Crippen LogP contribution in [-0.4, -0.2) is 51.4 Å². The minimum Gasteiger partial charge on any atom is -0.338 e. The first-order chi connectivity index (χ1) is 13.0. The maximum atomic E-state index is 13.2. The van der Waals surface area contributed by atoms with Crippen LogP contribution in [-0.2, 0) is 11.3 Å². The van der Waals surface area contributed by atoms with Crippen LogP contribution < -0.4 is 0 Å². The zero-order chi connectivity index (χ0) is 19.0. The van der Waals surface area contributed by atoms with Gasteiger partial charge in [-0.25, -0.2) is 4.39 Å². The topological polar surface area (TPSA) is 69.3 Å². The molecule has 0 aliphatic carbocycles. The largest absolute Gasteiger partial charge is 0.338 e. The van der Waals surface area contributed by atoms with E-state index in [1.807, 2.05) is 11.8 Å². The Morgan fingerprint density at radius 3 is 2.74 bits per heavy atom. The number of hydrogen-bond acceptors (Lipinski definition) is 3. The van der Waals surface area contributed by atoms with Gasteiger partial charge in [0, 0.05) is 31.9 Å².